The summed E-state index contributed by atoms with van der Waals surface area (Å²) in [6, 6.07) is 7.58. The van der Waals surface area contributed by atoms with Gasteiger partial charge in [0.1, 0.15) is 0 Å². The third kappa shape index (κ3) is 4.54. The van der Waals surface area contributed by atoms with Crippen molar-refractivity contribution < 1.29 is 5.11 Å². The van der Waals surface area contributed by atoms with Crippen molar-refractivity contribution in [3.8, 4) is 11.8 Å². The molecule has 0 bridgehead atoms. The predicted octanol–water partition coefficient (Wildman–Crippen LogP) is 2.78. The number of hydrogen-bond acceptors (Lipinski definition) is 2. The Labute approximate surface area is 120 Å². The molecule has 1 aromatic carbocycles. The molecule has 102 valence electrons. The van der Waals surface area contributed by atoms with Crippen LogP contribution in [0, 0.1) is 17.8 Å². The first-order chi connectivity index (χ1) is 9.15. The first kappa shape index (κ1) is 14.4. The first-order valence-corrected chi connectivity index (χ1v) is 7.18. The van der Waals surface area contributed by atoms with Crippen LogP contribution >= 0.6 is 11.6 Å². The highest BCUT2D eigenvalue weighted by Gasteiger charge is 2.22. The van der Waals surface area contributed by atoms with Crippen molar-refractivity contribution in [2.45, 2.75) is 25.9 Å². The molecule has 0 radical (unpaired) electrons. The molecule has 0 saturated carbocycles. The zero-order valence-electron chi connectivity index (χ0n) is 11.3. The molecular formula is C16H20ClNO. The molecule has 1 aliphatic rings. The van der Waals surface area contributed by atoms with Crippen molar-refractivity contribution in [2.24, 2.45) is 5.92 Å². The van der Waals surface area contributed by atoms with Gasteiger partial charge >= 0.3 is 0 Å². The van der Waals surface area contributed by atoms with Crippen molar-refractivity contribution in [1.29, 1.82) is 0 Å². The maximum atomic E-state index is 9.65. The minimum absolute atomic E-state index is 0.216. The van der Waals surface area contributed by atoms with Crippen molar-refractivity contribution in [1.82, 2.24) is 4.90 Å². The van der Waals surface area contributed by atoms with Gasteiger partial charge in [-0.1, -0.05) is 23.4 Å². The highest BCUT2D eigenvalue weighted by molar-refractivity contribution is 6.30. The smallest absolute Gasteiger partial charge is 0.0605 e. The van der Waals surface area contributed by atoms with Crippen LogP contribution in [-0.2, 0) is 0 Å². The van der Waals surface area contributed by atoms with Gasteiger partial charge in [0.25, 0.3) is 0 Å². The molecule has 3 heteroatoms. The summed E-state index contributed by atoms with van der Waals surface area (Å²) in [5.74, 6) is 6.75. The highest BCUT2D eigenvalue weighted by Crippen LogP contribution is 2.19. The summed E-state index contributed by atoms with van der Waals surface area (Å²) in [4.78, 5) is 2.32. The van der Waals surface area contributed by atoms with Crippen LogP contribution < -0.4 is 0 Å². The second-order valence-electron chi connectivity index (χ2n) is 5.19. The van der Waals surface area contributed by atoms with Crippen molar-refractivity contribution in [2.75, 3.05) is 19.6 Å². The van der Waals surface area contributed by atoms with E-state index in [0.717, 1.165) is 43.1 Å². The molecule has 0 aromatic heterocycles. The highest BCUT2D eigenvalue weighted by atomic mass is 35.5. The number of halogens is 1. The Balaban J connectivity index is 1.87. The van der Waals surface area contributed by atoms with Crippen LogP contribution in [0.1, 0.15) is 25.3 Å². The number of likely N-dealkylation sites (tertiary alicyclic amines) is 1. The van der Waals surface area contributed by atoms with Crippen LogP contribution in [0.5, 0.6) is 0 Å². The van der Waals surface area contributed by atoms with E-state index in [0.29, 0.717) is 5.92 Å². The van der Waals surface area contributed by atoms with E-state index >= 15 is 0 Å². The van der Waals surface area contributed by atoms with E-state index in [9.17, 15) is 5.11 Å². The summed E-state index contributed by atoms with van der Waals surface area (Å²) in [6.45, 7) is 4.69. The monoisotopic (exact) mass is 277 g/mol. The van der Waals surface area contributed by atoms with E-state index in [4.69, 9.17) is 11.6 Å². The summed E-state index contributed by atoms with van der Waals surface area (Å²) in [5, 5.41) is 10.4. The van der Waals surface area contributed by atoms with E-state index in [1.54, 1.807) is 0 Å². The van der Waals surface area contributed by atoms with Gasteiger partial charge in [0.05, 0.1) is 12.6 Å². The van der Waals surface area contributed by atoms with Gasteiger partial charge in [-0.05, 0) is 56.5 Å². The van der Waals surface area contributed by atoms with E-state index in [1.807, 2.05) is 31.2 Å². The normalized spacial score (nSPS) is 21.5. The lowest BCUT2D eigenvalue weighted by Gasteiger charge is -2.32. The topological polar surface area (TPSA) is 23.5 Å². The van der Waals surface area contributed by atoms with Gasteiger partial charge in [-0.3, -0.25) is 4.90 Å². The Kier molecular flexibility index (Phi) is 5.27. The maximum Gasteiger partial charge on any atom is 0.0605 e. The van der Waals surface area contributed by atoms with Gasteiger partial charge in [-0.25, -0.2) is 0 Å². The lowest BCUT2D eigenvalue weighted by atomic mass is 9.93. The molecule has 1 heterocycles. The fourth-order valence-corrected chi connectivity index (χ4v) is 2.54. The average molecular weight is 278 g/mol. The molecule has 1 saturated heterocycles. The Morgan fingerprint density at radius 1 is 1.42 bits per heavy atom. The van der Waals surface area contributed by atoms with Gasteiger partial charge in [0.2, 0.25) is 0 Å². The van der Waals surface area contributed by atoms with E-state index in [2.05, 4.69) is 16.7 Å². The SMILES string of the molecule is CC(O)C1CCCN(CC#Cc2ccc(Cl)cc2)C1. The molecule has 2 atom stereocenters. The van der Waals surface area contributed by atoms with Crippen LogP contribution in [-0.4, -0.2) is 35.7 Å². The second kappa shape index (κ2) is 6.96. The van der Waals surface area contributed by atoms with Crippen molar-refractivity contribution in [3.05, 3.63) is 34.9 Å². The number of rotatable bonds is 2. The molecule has 0 aliphatic carbocycles. The number of aliphatic hydroxyl groups is 1. The molecule has 2 nitrogen and oxygen atoms in total. The van der Waals surface area contributed by atoms with Gasteiger partial charge in [0, 0.05) is 17.1 Å². The van der Waals surface area contributed by atoms with E-state index in [1.165, 1.54) is 0 Å². The molecular weight excluding hydrogens is 258 g/mol. The number of nitrogens with zero attached hydrogens (tertiary/aromatic N) is 1. The number of benzene rings is 1. The summed E-state index contributed by atoms with van der Waals surface area (Å²) < 4.78 is 0. The summed E-state index contributed by atoms with van der Waals surface area (Å²) >= 11 is 5.83. The second-order valence-corrected chi connectivity index (χ2v) is 5.62. The predicted molar refractivity (Wildman–Crippen MR) is 79.2 cm³/mol. The Morgan fingerprint density at radius 2 is 2.16 bits per heavy atom. The lowest BCUT2D eigenvalue weighted by Crippen LogP contribution is -2.39. The van der Waals surface area contributed by atoms with Crippen LogP contribution in [0.3, 0.4) is 0 Å². The van der Waals surface area contributed by atoms with Gasteiger partial charge in [0.15, 0.2) is 0 Å². The van der Waals surface area contributed by atoms with Crippen molar-refractivity contribution in [3.63, 3.8) is 0 Å². The minimum atomic E-state index is -0.216. The standard InChI is InChI=1S/C16H20ClNO/c1-13(19)15-5-3-11-18(12-15)10-2-4-14-6-8-16(17)9-7-14/h6-9,13,15,19H,3,5,10-12H2,1H3. The first-order valence-electron chi connectivity index (χ1n) is 6.80. The quantitative estimate of drug-likeness (QED) is 0.841. The maximum absolute atomic E-state index is 9.65. The Hall–Kier alpha value is -1.01. The van der Waals surface area contributed by atoms with Crippen LogP contribution in [0.2, 0.25) is 5.02 Å². The van der Waals surface area contributed by atoms with Gasteiger partial charge in [-0.15, -0.1) is 0 Å². The van der Waals surface area contributed by atoms with E-state index < -0.39 is 0 Å². The van der Waals surface area contributed by atoms with Crippen molar-refractivity contribution >= 4 is 11.6 Å². The lowest BCUT2D eigenvalue weighted by molar-refractivity contribution is 0.0682. The van der Waals surface area contributed by atoms with E-state index in [-0.39, 0.29) is 6.10 Å². The number of piperidine rings is 1. The average Bonchev–Trinajstić information content (AvgIpc) is 2.41. The molecule has 2 unspecified atom stereocenters. The molecule has 0 amide bonds. The molecule has 1 fully saturated rings. The summed E-state index contributed by atoms with van der Waals surface area (Å²) in [6.07, 6.45) is 2.06. The van der Waals surface area contributed by atoms with Crippen LogP contribution in [0.15, 0.2) is 24.3 Å². The largest absolute Gasteiger partial charge is 0.393 e. The molecule has 1 aliphatic heterocycles. The third-order valence-corrected chi connectivity index (χ3v) is 3.86. The minimum Gasteiger partial charge on any atom is -0.393 e. The molecule has 2 rings (SSSR count). The third-order valence-electron chi connectivity index (χ3n) is 3.60. The Morgan fingerprint density at radius 3 is 2.84 bits per heavy atom. The van der Waals surface area contributed by atoms with Crippen LogP contribution in [0.25, 0.3) is 0 Å². The van der Waals surface area contributed by atoms with Gasteiger partial charge < -0.3 is 5.11 Å². The Bertz CT molecular complexity index is 458. The fraction of sp³-hybridized carbons (Fsp3) is 0.500. The molecule has 1 N–H and O–H groups in total. The molecule has 19 heavy (non-hydrogen) atoms. The van der Waals surface area contributed by atoms with Crippen LogP contribution in [0.4, 0.5) is 0 Å². The fourth-order valence-electron chi connectivity index (χ4n) is 2.42. The van der Waals surface area contributed by atoms with Gasteiger partial charge in [-0.2, -0.15) is 0 Å². The zero-order chi connectivity index (χ0) is 13.7. The number of aliphatic hydroxyl groups excluding tert-OH is 1. The molecule has 1 aromatic rings. The summed E-state index contributed by atoms with van der Waals surface area (Å²) in [7, 11) is 0. The number of hydrogen-bond donors (Lipinski definition) is 1. The zero-order valence-corrected chi connectivity index (χ0v) is 12.0. The summed E-state index contributed by atoms with van der Waals surface area (Å²) in [5.41, 5.74) is 0.994. The molecule has 0 spiro atoms.